The number of hydrogen-bond donors (Lipinski definition) is 6. The molecule has 7 rings (SSSR count). The molecule has 6 aromatic carbocycles. The van der Waals surface area contributed by atoms with Crippen LogP contribution in [0.4, 0.5) is 5.69 Å². The zero-order chi connectivity index (χ0) is 34.1. The molecule has 0 atom stereocenters. The SMILES string of the molecule is O=C(O)c1ccccc1-c1c2ccc(NCc3ccccc3B(O)O)cc2oc2c1ccc1cc(=NCc3ccccc3B(O)O)ccc12. The van der Waals surface area contributed by atoms with Gasteiger partial charge in [-0.2, -0.15) is 0 Å². The van der Waals surface area contributed by atoms with Crippen LogP contribution < -0.4 is 21.6 Å². The van der Waals surface area contributed by atoms with Gasteiger partial charge in [-0.25, -0.2) is 4.79 Å². The molecular weight excluding hydrogens is 618 g/mol. The maximum atomic E-state index is 12.4. The number of benzene rings is 6. The highest BCUT2D eigenvalue weighted by Crippen LogP contribution is 2.41. The molecule has 0 unspecified atom stereocenters. The van der Waals surface area contributed by atoms with E-state index in [0.29, 0.717) is 45.1 Å². The summed E-state index contributed by atoms with van der Waals surface area (Å²) in [6.45, 7) is 0.591. The number of rotatable bonds is 9. The first-order valence-electron chi connectivity index (χ1n) is 15.7. The van der Waals surface area contributed by atoms with Crippen molar-refractivity contribution in [2.75, 3.05) is 5.32 Å². The molecule has 0 bridgehead atoms. The molecule has 0 fully saturated rings. The van der Waals surface area contributed by atoms with Crippen LogP contribution in [0.25, 0.3) is 43.8 Å². The van der Waals surface area contributed by atoms with Gasteiger partial charge in [0.2, 0.25) is 0 Å². The van der Waals surface area contributed by atoms with Crippen molar-refractivity contribution in [2.45, 2.75) is 13.1 Å². The summed E-state index contributed by atoms with van der Waals surface area (Å²) in [5, 5.41) is 56.4. The number of fused-ring (bicyclic) bond motifs is 4. The Balaban J connectivity index is 1.37. The molecule has 1 aromatic heterocycles. The van der Waals surface area contributed by atoms with Gasteiger partial charge in [-0.3, -0.25) is 4.99 Å². The average molecular weight is 648 g/mol. The minimum absolute atomic E-state index is 0.167. The fraction of sp³-hybridized carbons (Fsp3) is 0.0526. The molecule has 0 aliphatic rings. The van der Waals surface area contributed by atoms with E-state index < -0.39 is 20.2 Å². The third-order valence-electron chi connectivity index (χ3n) is 8.69. The number of carbonyl (C=O) groups is 1. The Hall–Kier alpha value is -5.71. The molecule has 0 spiro atoms. The molecule has 0 saturated carbocycles. The van der Waals surface area contributed by atoms with Gasteiger partial charge in [0, 0.05) is 40.0 Å². The monoisotopic (exact) mass is 648 g/mol. The number of anilines is 1. The van der Waals surface area contributed by atoms with E-state index in [0.717, 1.165) is 38.4 Å². The number of aromatic carboxylic acids is 1. The predicted molar refractivity (Wildman–Crippen MR) is 193 cm³/mol. The summed E-state index contributed by atoms with van der Waals surface area (Å²) in [6.07, 6.45) is 0. The quantitative estimate of drug-likeness (QED) is 0.0775. The summed E-state index contributed by atoms with van der Waals surface area (Å²) < 4.78 is 6.63. The van der Waals surface area contributed by atoms with Crippen molar-refractivity contribution >= 4 is 69.5 Å². The maximum Gasteiger partial charge on any atom is 0.488 e. The van der Waals surface area contributed by atoms with Crippen LogP contribution in [0.5, 0.6) is 0 Å². The largest absolute Gasteiger partial charge is 0.488 e. The lowest BCUT2D eigenvalue weighted by molar-refractivity contribution is 0.0697. The van der Waals surface area contributed by atoms with Crippen LogP contribution in [0.1, 0.15) is 21.5 Å². The summed E-state index contributed by atoms with van der Waals surface area (Å²) in [7, 11) is -3.19. The van der Waals surface area contributed by atoms with Gasteiger partial charge in [0.15, 0.2) is 0 Å². The van der Waals surface area contributed by atoms with Gasteiger partial charge in [0.25, 0.3) is 0 Å². The van der Waals surface area contributed by atoms with Gasteiger partial charge in [-0.15, -0.1) is 0 Å². The zero-order valence-electron chi connectivity index (χ0n) is 26.1. The predicted octanol–water partition coefficient (Wildman–Crippen LogP) is 4.18. The first-order valence-corrected chi connectivity index (χ1v) is 15.7. The van der Waals surface area contributed by atoms with E-state index in [1.807, 2.05) is 78.9 Å². The molecule has 6 N–H and O–H groups in total. The van der Waals surface area contributed by atoms with E-state index in [1.165, 1.54) is 0 Å². The number of nitrogens with one attached hydrogen (secondary N) is 1. The van der Waals surface area contributed by atoms with Gasteiger partial charge in [0.1, 0.15) is 11.2 Å². The number of carboxylic acid groups (broad SMARTS) is 1. The third kappa shape index (κ3) is 6.31. The van der Waals surface area contributed by atoms with Crippen molar-refractivity contribution in [1.29, 1.82) is 0 Å². The molecule has 0 amide bonds. The van der Waals surface area contributed by atoms with Crippen LogP contribution >= 0.6 is 0 Å². The van der Waals surface area contributed by atoms with E-state index in [4.69, 9.17) is 9.41 Å². The molecular formula is C38H30B2N2O7. The number of carboxylic acids is 1. The van der Waals surface area contributed by atoms with Crippen molar-refractivity contribution in [3.63, 3.8) is 0 Å². The Bertz CT molecular complexity index is 2440. The minimum atomic E-state index is -1.60. The first-order chi connectivity index (χ1) is 23.8. The lowest BCUT2D eigenvalue weighted by Crippen LogP contribution is -2.33. The fourth-order valence-electron chi connectivity index (χ4n) is 6.30. The second-order valence-electron chi connectivity index (χ2n) is 11.7. The summed E-state index contributed by atoms with van der Waals surface area (Å²) in [5.74, 6) is -1.04. The van der Waals surface area contributed by atoms with Crippen LogP contribution in [-0.2, 0) is 13.1 Å². The highest BCUT2D eigenvalue weighted by atomic mass is 16.4. The van der Waals surface area contributed by atoms with Crippen molar-refractivity contribution < 1.29 is 34.4 Å². The Labute approximate surface area is 281 Å². The summed E-state index contributed by atoms with van der Waals surface area (Å²) in [5.41, 5.74) is 5.54. The Morgan fingerprint density at radius 3 is 2.10 bits per heavy atom. The lowest BCUT2D eigenvalue weighted by Gasteiger charge is -2.16. The van der Waals surface area contributed by atoms with Crippen molar-refractivity contribution in [3.8, 4) is 11.1 Å². The minimum Gasteiger partial charge on any atom is -0.478 e. The number of nitrogens with zero attached hydrogens (tertiary/aromatic N) is 1. The second kappa shape index (κ2) is 13.4. The van der Waals surface area contributed by atoms with Crippen LogP contribution in [0, 0.1) is 0 Å². The highest BCUT2D eigenvalue weighted by molar-refractivity contribution is 6.59. The van der Waals surface area contributed by atoms with Crippen LogP contribution in [0.15, 0.2) is 131 Å². The van der Waals surface area contributed by atoms with Gasteiger partial charge in [-0.05, 0) is 75.5 Å². The third-order valence-corrected chi connectivity index (χ3v) is 8.69. The van der Waals surface area contributed by atoms with E-state index in [-0.39, 0.29) is 12.1 Å². The zero-order valence-corrected chi connectivity index (χ0v) is 26.1. The summed E-state index contributed by atoms with van der Waals surface area (Å²) >= 11 is 0. The van der Waals surface area contributed by atoms with Crippen LogP contribution in [0.2, 0.25) is 0 Å². The smallest absolute Gasteiger partial charge is 0.478 e. The van der Waals surface area contributed by atoms with Crippen LogP contribution in [-0.4, -0.2) is 45.4 Å². The van der Waals surface area contributed by atoms with E-state index in [9.17, 15) is 30.0 Å². The summed E-state index contributed by atoms with van der Waals surface area (Å²) in [4.78, 5) is 17.1. The normalized spacial score (nSPS) is 11.7. The van der Waals surface area contributed by atoms with Crippen LogP contribution in [0.3, 0.4) is 0 Å². The molecule has 49 heavy (non-hydrogen) atoms. The molecule has 240 valence electrons. The topological polar surface area (TPSA) is 156 Å². The fourth-order valence-corrected chi connectivity index (χ4v) is 6.30. The Morgan fingerprint density at radius 2 is 1.35 bits per heavy atom. The molecule has 9 nitrogen and oxygen atoms in total. The molecule has 0 saturated heterocycles. The van der Waals surface area contributed by atoms with Gasteiger partial charge in [0.05, 0.1) is 17.5 Å². The molecule has 0 radical (unpaired) electrons. The van der Waals surface area contributed by atoms with Crippen molar-refractivity contribution in [2.24, 2.45) is 4.99 Å². The van der Waals surface area contributed by atoms with Gasteiger partial charge >= 0.3 is 20.2 Å². The Morgan fingerprint density at radius 1 is 0.694 bits per heavy atom. The first kappa shape index (κ1) is 31.9. The second-order valence-corrected chi connectivity index (χ2v) is 11.7. The molecule has 1 heterocycles. The average Bonchev–Trinajstić information content (AvgIpc) is 3.12. The number of hydrogen-bond acceptors (Lipinski definition) is 8. The van der Waals surface area contributed by atoms with Crippen molar-refractivity contribution in [3.05, 3.63) is 143 Å². The Kier molecular flexibility index (Phi) is 8.73. The lowest BCUT2D eigenvalue weighted by atomic mass is 9.77. The van der Waals surface area contributed by atoms with Gasteiger partial charge in [-0.1, -0.05) is 72.8 Å². The standard InChI is InChI=1S/C38H30B2N2O7/c43-38(44)30-10-4-3-9-29(30)36-31-18-15-27(42-22-25-8-2-6-12-34(25)40(47)48)20-35(31)49-37-28-17-14-26(19-23(28)13-16-32(36)37)41-21-24-7-1-5-11-33(24)39(45)46/h1-20,42,45-48H,21-22H2,(H,43,44). The van der Waals surface area contributed by atoms with E-state index >= 15 is 0 Å². The van der Waals surface area contributed by atoms with Crippen molar-refractivity contribution in [1.82, 2.24) is 0 Å². The van der Waals surface area contributed by atoms with E-state index in [2.05, 4.69) is 5.32 Å². The molecule has 0 aliphatic heterocycles. The van der Waals surface area contributed by atoms with E-state index in [1.54, 1.807) is 42.5 Å². The van der Waals surface area contributed by atoms with Gasteiger partial charge < -0.3 is 34.9 Å². The summed E-state index contributed by atoms with van der Waals surface area (Å²) in [6, 6.07) is 36.3. The highest BCUT2D eigenvalue weighted by Gasteiger charge is 2.20. The molecule has 0 aliphatic carbocycles. The molecule has 7 aromatic rings. The molecule has 11 heteroatoms. The maximum absolute atomic E-state index is 12.4.